The molecule has 116 valence electrons. The van der Waals surface area contributed by atoms with Gasteiger partial charge in [0.2, 0.25) is 0 Å². The van der Waals surface area contributed by atoms with Crippen molar-refractivity contribution in [2.24, 2.45) is 0 Å². The number of hydrogen-bond donors (Lipinski definition) is 0. The van der Waals surface area contributed by atoms with Gasteiger partial charge >= 0.3 is 0 Å². The molecule has 0 rings (SSSR count). The first kappa shape index (κ1) is 18.9. The number of ether oxygens (including phenoxy) is 3. The summed E-state index contributed by atoms with van der Waals surface area (Å²) < 4.78 is 17.9. The lowest BCUT2D eigenvalue weighted by Gasteiger charge is -2.29. The lowest BCUT2D eigenvalue weighted by molar-refractivity contribution is -0.334. The molecule has 0 unspecified atom stereocenters. The zero-order chi connectivity index (χ0) is 14.7. The van der Waals surface area contributed by atoms with E-state index >= 15 is 0 Å². The Balaban J connectivity index is 4.51. The minimum Gasteiger partial charge on any atom is -0.327 e. The summed E-state index contributed by atoms with van der Waals surface area (Å²) in [5.74, 6) is 0. The van der Waals surface area contributed by atoms with Crippen molar-refractivity contribution >= 4 is 0 Å². The maximum atomic E-state index is 5.97. The first-order chi connectivity index (χ1) is 9.14. The van der Waals surface area contributed by atoms with Crippen molar-refractivity contribution in [3.63, 3.8) is 0 Å². The van der Waals surface area contributed by atoms with Gasteiger partial charge in [0.05, 0.1) is 18.3 Å². The third-order valence-electron chi connectivity index (χ3n) is 3.64. The molecule has 0 fully saturated rings. The molecular formula is C16H34O3. The van der Waals surface area contributed by atoms with E-state index in [1.165, 1.54) is 0 Å². The van der Waals surface area contributed by atoms with E-state index in [1.54, 1.807) is 0 Å². The van der Waals surface area contributed by atoms with Crippen molar-refractivity contribution in [2.45, 2.75) is 105 Å². The largest absolute Gasteiger partial charge is 0.327 e. The van der Waals surface area contributed by atoms with Gasteiger partial charge in [-0.05, 0) is 38.5 Å². The van der Waals surface area contributed by atoms with Crippen LogP contribution in [0.5, 0.6) is 0 Å². The SMILES string of the molecule is CCC(CC)OC(OC(CC)CC)OC(CC)CC. The van der Waals surface area contributed by atoms with Crippen LogP contribution < -0.4 is 0 Å². The maximum Gasteiger partial charge on any atom is 0.272 e. The van der Waals surface area contributed by atoms with E-state index in [2.05, 4.69) is 41.5 Å². The Morgan fingerprint density at radius 1 is 0.474 bits per heavy atom. The van der Waals surface area contributed by atoms with Crippen LogP contribution in [-0.4, -0.2) is 24.8 Å². The quantitative estimate of drug-likeness (QED) is 0.474. The zero-order valence-corrected chi connectivity index (χ0v) is 13.8. The normalized spacial score (nSPS) is 12.3. The predicted octanol–water partition coefficient (Wildman–Crippen LogP) is 4.89. The van der Waals surface area contributed by atoms with E-state index < -0.39 is 6.48 Å². The molecule has 0 atom stereocenters. The molecule has 0 bridgehead atoms. The monoisotopic (exact) mass is 274 g/mol. The summed E-state index contributed by atoms with van der Waals surface area (Å²) in [4.78, 5) is 0. The summed E-state index contributed by atoms with van der Waals surface area (Å²) in [6, 6.07) is 0. The highest BCUT2D eigenvalue weighted by atomic mass is 16.9. The van der Waals surface area contributed by atoms with Gasteiger partial charge in [-0.15, -0.1) is 0 Å². The Labute approximate surface area is 120 Å². The van der Waals surface area contributed by atoms with E-state index in [4.69, 9.17) is 14.2 Å². The van der Waals surface area contributed by atoms with Gasteiger partial charge in [-0.2, -0.15) is 0 Å². The Morgan fingerprint density at radius 3 is 0.842 bits per heavy atom. The van der Waals surface area contributed by atoms with Crippen LogP contribution in [0.25, 0.3) is 0 Å². The summed E-state index contributed by atoms with van der Waals surface area (Å²) >= 11 is 0. The smallest absolute Gasteiger partial charge is 0.272 e. The van der Waals surface area contributed by atoms with Crippen LogP contribution in [0.3, 0.4) is 0 Å². The molecule has 0 aliphatic carbocycles. The molecule has 0 spiro atoms. The molecule has 0 N–H and O–H groups in total. The molecule has 0 aromatic rings. The summed E-state index contributed by atoms with van der Waals surface area (Å²) in [6.07, 6.45) is 6.60. The molecule has 3 nitrogen and oxygen atoms in total. The van der Waals surface area contributed by atoms with Crippen LogP contribution in [0, 0.1) is 0 Å². The second kappa shape index (κ2) is 11.7. The topological polar surface area (TPSA) is 27.7 Å². The minimum atomic E-state index is -0.514. The van der Waals surface area contributed by atoms with E-state index in [9.17, 15) is 0 Å². The maximum absolute atomic E-state index is 5.97. The van der Waals surface area contributed by atoms with Gasteiger partial charge in [0.15, 0.2) is 0 Å². The van der Waals surface area contributed by atoms with Crippen LogP contribution in [-0.2, 0) is 14.2 Å². The van der Waals surface area contributed by atoms with Gasteiger partial charge in [0, 0.05) is 0 Å². The van der Waals surface area contributed by atoms with E-state index in [0.717, 1.165) is 38.5 Å². The molecule has 0 aliphatic heterocycles. The molecule has 0 amide bonds. The van der Waals surface area contributed by atoms with Crippen LogP contribution in [0.2, 0.25) is 0 Å². The average molecular weight is 274 g/mol. The van der Waals surface area contributed by atoms with Crippen LogP contribution >= 0.6 is 0 Å². The minimum absolute atomic E-state index is 0.216. The fourth-order valence-corrected chi connectivity index (χ4v) is 2.01. The fraction of sp³-hybridized carbons (Fsp3) is 1.00. The summed E-state index contributed by atoms with van der Waals surface area (Å²) in [5.41, 5.74) is 0. The summed E-state index contributed by atoms with van der Waals surface area (Å²) in [5, 5.41) is 0. The average Bonchev–Trinajstić information content (AvgIpc) is 2.46. The van der Waals surface area contributed by atoms with Crippen LogP contribution in [0.4, 0.5) is 0 Å². The molecule has 3 heteroatoms. The van der Waals surface area contributed by atoms with Crippen LogP contribution in [0.1, 0.15) is 80.1 Å². The Kier molecular flexibility index (Phi) is 11.6. The second-order valence-corrected chi connectivity index (χ2v) is 5.01. The second-order valence-electron chi connectivity index (χ2n) is 5.01. The van der Waals surface area contributed by atoms with Crippen molar-refractivity contribution in [1.82, 2.24) is 0 Å². The molecule has 0 aliphatic rings. The lowest BCUT2D eigenvalue weighted by Crippen LogP contribution is -2.33. The van der Waals surface area contributed by atoms with Crippen molar-refractivity contribution < 1.29 is 14.2 Å². The van der Waals surface area contributed by atoms with Gasteiger partial charge in [-0.3, -0.25) is 0 Å². The van der Waals surface area contributed by atoms with Gasteiger partial charge in [-0.25, -0.2) is 0 Å². The Bertz CT molecular complexity index is 151. The lowest BCUT2D eigenvalue weighted by atomic mass is 10.2. The highest BCUT2D eigenvalue weighted by Gasteiger charge is 2.21. The van der Waals surface area contributed by atoms with Gasteiger partial charge in [0.25, 0.3) is 6.48 Å². The first-order valence-electron chi connectivity index (χ1n) is 8.11. The van der Waals surface area contributed by atoms with E-state index in [1.807, 2.05) is 0 Å². The predicted molar refractivity (Wildman–Crippen MR) is 80.2 cm³/mol. The van der Waals surface area contributed by atoms with Crippen molar-refractivity contribution in [2.75, 3.05) is 0 Å². The van der Waals surface area contributed by atoms with Crippen LogP contribution in [0.15, 0.2) is 0 Å². The van der Waals surface area contributed by atoms with Gasteiger partial charge < -0.3 is 14.2 Å². The highest BCUT2D eigenvalue weighted by Crippen LogP contribution is 2.17. The summed E-state index contributed by atoms with van der Waals surface area (Å²) in [7, 11) is 0. The third-order valence-corrected chi connectivity index (χ3v) is 3.64. The Morgan fingerprint density at radius 2 is 0.684 bits per heavy atom. The molecule has 0 saturated carbocycles. The van der Waals surface area contributed by atoms with Crippen molar-refractivity contribution in [3.05, 3.63) is 0 Å². The first-order valence-corrected chi connectivity index (χ1v) is 8.11. The fourth-order valence-electron chi connectivity index (χ4n) is 2.01. The zero-order valence-electron chi connectivity index (χ0n) is 13.8. The van der Waals surface area contributed by atoms with Gasteiger partial charge in [0.1, 0.15) is 0 Å². The van der Waals surface area contributed by atoms with E-state index in [0.29, 0.717) is 0 Å². The van der Waals surface area contributed by atoms with E-state index in [-0.39, 0.29) is 18.3 Å². The molecule has 0 saturated heterocycles. The number of rotatable bonds is 12. The molecule has 0 aromatic carbocycles. The summed E-state index contributed by atoms with van der Waals surface area (Å²) in [6.45, 7) is 12.3. The molecule has 0 heterocycles. The van der Waals surface area contributed by atoms with Crippen molar-refractivity contribution in [1.29, 1.82) is 0 Å². The number of hydrogen-bond acceptors (Lipinski definition) is 3. The molecule has 0 aromatic heterocycles. The molecule has 0 radical (unpaired) electrons. The van der Waals surface area contributed by atoms with Crippen molar-refractivity contribution in [3.8, 4) is 0 Å². The Hall–Kier alpha value is -0.120. The third kappa shape index (κ3) is 7.91. The molecule has 19 heavy (non-hydrogen) atoms. The highest BCUT2D eigenvalue weighted by molar-refractivity contribution is 4.57. The standard InChI is InChI=1S/C16H34O3/c1-7-13(8-2)17-16(18-14(9-3)10-4)19-15(11-5)12-6/h13-16H,7-12H2,1-6H3. The molecular weight excluding hydrogens is 240 g/mol. The van der Waals surface area contributed by atoms with Gasteiger partial charge in [-0.1, -0.05) is 41.5 Å².